The van der Waals surface area contributed by atoms with Crippen LogP contribution < -0.4 is 0 Å². The van der Waals surface area contributed by atoms with Crippen LogP contribution in [0.25, 0.3) is 0 Å². The molecule has 136 valence electrons. The molecule has 1 saturated carbocycles. The van der Waals surface area contributed by atoms with Gasteiger partial charge in [0.1, 0.15) is 5.60 Å². The van der Waals surface area contributed by atoms with Crippen molar-refractivity contribution < 1.29 is 23.2 Å². The fourth-order valence-corrected chi connectivity index (χ4v) is 3.68. The first kappa shape index (κ1) is 17.6. The number of nitrogens with zero attached hydrogens (tertiary/aromatic N) is 2. The van der Waals surface area contributed by atoms with E-state index in [0.29, 0.717) is 5.56 Å². The van der Waals surface area contributed by atoms with Crippen LogP contribution in [-0.4, -0.2) is 40.5 Å². The Morgan fingerprint density at radius 3 is 2.40 bits per heavy atom. The van der Waals surface area contributed by atoms with Gasteiger partial charge in [-0.1, -0.05) is 12.1 Å². The Hall–Kier alpha value is -2.25. The number of piperidine rings is 1. The van der Waals surface area contributed by atoms with Gasteiger partial charge < -0.3 is 9.64 Å². The van der Waals surface area contributed by atoms with Crippen molar-refractivity contribution in [3.63, 3.8) is 0 Å². The number of non-ortho nitro benzene ring substituents is 1. The third-order valence-electron chi connectivity index (χ3n) is 4.97. The van der Waals surface area contributed by atoms with Crippen LogP contribution >= 0.6 is 0 Å². The molecule has 1 amide bonds. The molecule has 1 heterocycles. The van der Waals surface area contributed by atoms with E-state index >= 15 is 0 Å². The van der Waals surface area contributed by atoms with E-state index in [9.17, 15) is 23.7 Å². The number of alkyl halides is 2. The zero-order valence-corrected chi connectivity index (χ0v) is 14.3. The maximum atomic E-state index is 14.6. The molecule has 1 aliphatic carbocycles. The molecule has 1 aromatic carbocycles. The number of nitro benzene ring substituents is 1. The van der Waals surface area contributed by atoms with Gasteiger partial charge in [-0.3, -0.25) is 10.1 Å². The van der Waals surface area contributed by atoms with Crippen LogP contribution in [0.5, 0.6) is 0 Å². The van der Waals surface area contributed by atoms with E-state index in [0.717, 1.165) is 0 Å². The maximum absolute atomic E-state index is 14.6. The second-order valence-electron chi connectivity index (χ2n) is 7.63. The fraction of sp³-hybridized carbons (Fsp3) is 0.588. The summed E-state index contributed by atoms with van der Waals surface area (Å²) in [6, 6.07) is 5.29. The molecule has 2 fully saturated rings. The van der Waals surface area contributed by atoms with Gasteiger partial charge in [0, 0.05) is 25.2 Å². The second-order valence-corrected chi connectivity index (χ2v) is 7.63. The zero-order chi connectivity index (χ0) is 18.6. The average Bonchev–Trinajstić information content (AvgIpc) is 3.02. The number of fused-ring (bicyclic) bond motifs is 1. The van der Waals surface area contributed by atoms with Crippen molar-refractivity contribution in [3.05, 3.63) is 39.9 Å². The molecular weight excluding hydrogens is 334 g/mol. The quantitative estimate of drug-likeness (QED) is 0.599. The summed E-state index contributed by atoms with van der Waals surface area (Å²) >= 11 is 0. The lowest BCUT2D eigenvalue weighted by Crippen LogP contribution is -2.43. The van der Waals surface area contributed by atoms with E-state index < -0.39 is 33.9 Å². The van der Waals surface area contributed by atoms with Crippen LogP contribution in [0.3, 0.4) is 0 Å². The second kappa shape index (κ2) is 5.37. The predicted octanol–water partition coefficient (Wildman–Crippen LogP) is 3.74. The summed E-state index contributed by atoms with van der Waals surface area (Å²) < 4.78 is 34.4. The minimum absolute atomic E-state index is 0.0844. The minimum Gasteiger partial charge on any atom is -0.444 e. The molecule has 3 rings (SSSR count). The van der Waals surface area contributed by atoms with Gasteiger partial charge in [-0.15, -0.1) is 0 Å². The number of likely N-dealkylation sites (tertiary alicyclic amines) is 1. The highest BCUT2D eigenvalue weighted by atomic mass is 19.3. The number of carbonyl (C=O) groups excluding carboxylic acids is 1. The molecular formula is C17H20F2N2O4. The van der Waals surface area contributed by atoms with Gasteiger partial charge in [0.15, 0.2) is 0 Å². The number of carbonyl (C=O) groups is 1. The lowest BCUT2D eigenvalue weighted by Gasteiger charge is -2.32. The molecule has 1 saturated heterocycles. The van der Waals surface area contributed by atoms with E-state index in [1.165, 1.54) is 29.2 Å². The number of halogens is 2. The highest BCUT2D eigenvalue weighted by Crippen LogP contribution is 2.70. The Morgan fingerprint density at radius 1 is 1.32 bits per heavy atom. The van der Waals surface area contributed by atoms with Crippen LogP contribution in [0, 0.1) is 16.0 Å². The lowest BCUT2D eigenvalue weighted by molar-refractivity contribution is -0.384. The summed E-state index contributed by atoms with van der Waals surface area (Å²) in [6.07, 6.45) is -0.491. The Balaban J connectivity index is 1.79. The third kappa shape index (κ3) is 2.73. The lowest BCUT2D eigenvalue weighted by atomic mass is 9.87. The molecule has 1 aliphatic heterocycles. The van der Waals surface area contributed by atoms with Crippen molar-refractivity contribution >= 4 is 11.8 Å². The summed E-state index contributed by atoms with van der Waals surface area (Å²) in [6.45, 7) is 5.25. The Morgan fingerprint density at radius 2 is 1.92 bits per heavy atom. The molecule has 0 N–H and O–H groups in total. The van der Waals surface area contributed by atoms with Gasteiger partial charge >= 0.3 is 6.09 Å². The molecule has 2 unspecified atom stereocenters. The summed E-state index contributed by atoms with van der Waals surface area (Å²) in [5, 5.41) is 10.7. The average molecular weight is 354 g/mol. The number of amides is 1. The van der Waals surface area contributed by atoms with E-state index in [4.69, 9.17) is 4.74 Å². The van der Waals surface area contributed by atoms with E-state index in [1.807, 2.05) is 0 Å². The van der Waals surface area contributed by atoms with Crippen molar-refractivity contribution in [3.8, 4) is 0 Å². The van der Waals surface area contributed by atoms with Crippen molar-refractivity contribution in [2.24, 2.45) is 5.92 Å². The monoisotopic (exact) mass is 354 g/mol. The largest absolute Gasteiger partial charge is 0.444 e. The molecule has 2 atom stereocenters. The molecule has 0 spiro atoms. The maximum Gasteiger partial charge on any atom is 0.410 e. The first-order valence-electron chi connectivity index (χ1n) is 8.10. The highest BCUT2D eigenvalue weighted by molar-refractivity contribution is 5.69. The van der Waals surface area contributed by atoms with Crippen LogP contribution in [0.1, 0.15) is 32.8 Å². The summed E-state index contributed by atoms with van der Waals surface area (Å²) in [5.41, 5.74) is -1.78. The fourth-order valence-electron chi connectivity index (χ4n) is 3.68. The van der Waals surface area contributed by atoms with Crippen LogP contribution in [0.4, 0.5) is 19.3 Å². The molecule has 25 heavy (non-hydrogen) atoms. The molecule has 0 radical (unpaired) electrons. The van der Waals surface area contributed by atoms with Gasteiger partial charge in [-0.05, 0) is 32.8 Å². The molecule has 0 aromatic heterocycles. The van der Waals surface area contributed by atoms with E-state index in [-0.39, 0.29) is 25.2 Å². The molecule has 2 aliphatic rings. The van der Waals surface area contributed by atoms with Gasteiger partial charge in [0.2, 0.25) is 0 Å². The Labute approximate surface area is 143 Å². The van der Waals surface area contributed by atoms with Gasteiger partial charge in [-0.25, -0.2) is 13.6 Å². The minimum atomic E-state index is -2.94. The topological polar surface area (TPSA) is 72.7 Å². The Kier molecular flexibility index (Phi) is 3.78. The number of nitro groups is 1. The standard InChI is InChI=1S/C17H20F2N2O4/c1-15(2,3)25-14(22)20-9-8-16(13(10-20)17(16,18)19)11-4-6-12(7-5-11)21(23)24/h4-7,13H,8-10H2,1-3H3. The van der Waals surface area contributed by atoms with E-state index in [1.54, 1.807) is 20.8 Å². The van der Waals surface area contributed by atoms with Crippen LogP contribution in [0.15, 0.2) is 24.3 Å². The smallest absolute Gasteiger partial charge is 0.410 e. The molecule has 6 nitrogen and oxygen atoms in total. The van der Waals surface area contributed by atoms with E-state index in [2.05, 4.69) is 0 Å². The Bertz CT molecular complexity index is 714. The number of benzene rings is 1. The summed E-state index contributed by atoms with van der Waals surface area (Å²) in [7, 11) is 0. The van der Waals surface area contributed by atoms with Crippen LogP contribution in [0.2, 0.25) is 0 Å². The van der Waals surface area contributed by atoms with Gasteiger partial charge in [-0.2, -0.15) is 0 Å². The summed E-state index contributed by atoms with van der Waals surface area (Å²) in [4.78, 5) is 23.6. The van der Waals surface area contributed by atoms with Crippen molar-refractivity contribution in [1.82, 2.24) is 4.90 Å². The normalized spacial score (nSPS) is 27.4. The molecule has 0 bridgehead atoms. The van der Waals surface area contributed by atoms with Crippen molar-refractivity contribution in [2.45, 2.75) is 44.1 Å². The third-order valence-corrected chi connectivity index (χ3v) is 4.97. The molecule has 1 aromatic rings. The number of rotatable bonds is 2. The number of hydrogen-bond donors (Lipinski definition) is 0. The first-order valence-corrected chi connectivity index (χ1v) is 8.10. The SMILES string of the molecule is CC(C)(C)OC(=O)N1CCC2(c3ccc([N+](=O)[O-])cc3)C(C1)C2(F)F. The van der Waals surface area contributed by atoms with Crippen LogP contribution in [-0.2, 0) is 10.2 Å². The number of hydrogen-bond acceptors (Lipinski definition) is 4. The van der Waals surface area contributed by atoms with Gasteiger partial charge in [0.05, 0.1) is 16.3 Å². The van der Waals surface area contributed by atoms with Crippen molar-refractivity contribution in [1.29, 1.82) is 0 Å². The van der Waals surface area contributed by atoms with Gasteiger partial charge in [0.25, 0.3) is 11.6 Å². The molecule has 8 heteroatoms. The summed E-state index contributed by atoms with van der Waals surface area (Å²) in [5.74, 6) is -3.94. The first-order chi connectivity index (χ1) is 11.5. The zero-order valence-electron chi connectivity index (χ0n) is 14.3. The predicted molar refractivity (Wildman–Crippen MR) is 85.6 cm³/mol. The number of ether oxygens (including phenoxy) is 1. The highest BCUT2D eigenvalue weighted by Gasteiger charge is 2.82. The van der Waals surface area contributed by atoms with Crippen molar-refractivity contribution in [2.75, 3.05) is 13.1 Å².